The topological polar surface area (TPSA) is 0 Å². The SMILES string of the molecule is CCCCCC[Si](CCCCCC)c1cc([Si](CCCCCC)CCCCCC)c([Si](CCCCCC)CCCCCC)cc1[Si](CCCCCC)CCCCCC. The maximum absolute atomic E-state index is 3.18. The van der Waals surface area contributed by atoms with Gasteiger partial charge in [-0.25, -0.2) is 0 Å². The van der Waals surface area contributed by atoms with Crippen LogP contribution in [0.2, 0.25) is 48.4 Å². The van der Waals surface area contributed by atoms with Gasteiger partial charge in [-0.15, -0.1) is 0 Å². The summed E-state index contributed by atoms with van der Waals surface area (Å²) in [4.78, 5) is 0. The second-order valence-corrected chi connectivity index (χ2v) is 29.8. The quantitative estimate of drug-likeness (QED) is 0.0453. The summed E-state index contributed by atoms with van der Waals surface area (Å²) in [6.45, 7) is 19.3. The van der Waals surface area contributed by atoms with Crippen molar-refractivity contribution in [2.24, 2.45) is 0 Å². The van der Waals surface area contributed by atoms with Gasteiger partial charge in [-0.1, -0.05) is 342 Å². The van der Waals surface area contributed by atoms with E-state index in [9.17, 15) is 0 Å². The van der Waals surface area contributed by atoms with Crippen LogP contribution in [0.5, 0.6) is 0 Å². The van der Waals surface area contributed by atoms with Gasteiger partial charge in [0.25, 0.3) is 0 Å². The van der Waals surface area contributed by atoms with Crippen molar-refractivity contribution < 1.29 is 0 Å². The second kappa shape index (κ2) is 41.1. The maximum atomic E-state index is 3.18. The van der Waals surface area contributed by atoms with E-state index in [1.165, 1.54) is 205 Å². The first kappa shape index (κ1) is 56.1. The largest absolute Gasteiger partial charge is 0.0854 e. The van der Waals surface area contributed by atoms with Gasteiger partial charge in [-0.2, -0.15) is 0 Å². The van der Waals surface area contributed by atoms with Crippen LogP contribution in [0, 0.1) is 0 Å². The molecule has 0 saturated heterocycles. The normalized spacial score (nSPS) is 12.1. The van der Waals surface area contributed by atoms with Crippen LogP contribution in [0.4, 0.5) is 0 Å². The third kappa shape index (κ3) is 26.5. The summed E-state index contributed by atoms with van der Waals surface area (Å²) in [6, 6.07) is 18.8. The minimum atomic E-state index is -0.575. The Labute approximate surface area is 375 Å². The summed E-state index contributed by atoms with van der Waals surface area (Å²) >= 11 is 0. The predicted molar refractivity (Wildman–Crippen MR) is 280 cm³/mol. The standard InChI is InChI=1S/C54H106Si4/c1-9-17-25-33-41-55(42-34-26-18-10-2)51-49-53(57(45-37-29-21-13-5)46-38-30-22-14-6)54(58(47-39-31-23-15-7)48-40-32-24-16-8)50-52(51)56(43-35-27-19-11-3)44-36-28-20-12-4/h49-50H,9-48H2,1-8H3. The van der Waals surface area contributed by atoms with Crippen LogP contribution < -0.4 is 20.7 Å². The zero-order valence-electron chi connectivity index (χ0n) is 41.4. The third-order valence-electron chi connectivity index (χ3n) is 13.3. The molecule has 338 valence electrons. The number of rotatable bonds is 44. The molecule has 0 unspecified atom stereocenters. The van der Waals surface area contributed by atoms with Crippen LogP contribution in [0.15, 0.2) is 12.1 Å². The van der Waals surface area contributed by atoms with Crippen LogP contribution in [0.25, 0.3) is 0 Å². The lowest BCUT2D eigenvalue weighted by molar-refractivity contribution is 0.686. The molecule has 0 spiro atoms. The number of hydrogen-bond acceptors (Lipinski definition) is 0. The molecule has 58 heavy (non-hydrogen) atoms. The lowest BCUT2D eigenvalue weighted by atomic mass is 10.2. The van der Waals surface area contributed by atoms with Gasteiger partial charge in [0, 0.05) is 0 Å². The van der Waals surface area contributed by atoms with Gasteiger partial charge in [0.15, 0.2) is 0 Å². The van der Waals surface area contributed by atoms with Crippen molar-refractivity contribution in [1.29, 1.82) is 0 Å². The molecular formula is C54H106Si4. The highest BCUT2D eigenvalue weighted by molar-refractivity contribution is 6.89. The molecule has 0 heterocycles. The van der Waals surface area contributed by atoms with E-state index in [0.717, 1.165) is 0 Å². The third-order valence-corrected chi connectivity index (χ3v) is 26.2. The number of benzene rings is 1. The molecule has 0 N–H and O–H groups in total. The summed E-state index contributed by atoms with van der Waals surface area (Å²) in [5.74, 6) is 0. The van der Waals surface area contributed by atoms with Crippen molar-refractivity contribution in [3.05, 3.63) is 12.1 Å². The molecule has 1 aromatic carbocycles. The molecule has 0 saturated carbocycles. The first-order valence-electron chi connectivity index (χ1n) is 27.1. The lowest BCUT2D eigenvalue weighted by Crippen LogP contribution is -2.58. The van der Waals surface area contributed by atoms with Gasteiger partial charge >= 0.3 is 0 Å². The first-order chi connectivity index (χ1) is 28.6. The molecule has 4 heteroatoms. The molecular weight excluding hydrogens is 761 g/mol. The molecule has 0 fully saturated rings. The monoisotopic (exact) mass is 867 g/mol. The van der Waals surface area contributed by atoms with E-state index in [0.29, 0.717) is 0 Å². The lowest BCUT2D eigenvalue weighted by Gasteiger charge is -2.31. The van der Waals surface area contributed by atoms with E-state index in [1.54, 1.807) is 48.4 Å². The molecule has 0 nitrogen and oxygen atoms in total. The van der Waals surface area contributed by atoms with Crippen molar-refractivity contribution in [3.63, 3.8) is 0 Å². The predicted octanol–water partition coefficient (Wildman–Crippen LogP) is 17.1. The highest BCUT2D eigenvalue weighted by atomic mass is 28.3. The highest BCUT2D eigenvalue weighted by Crippen LogP contribution is 2.21. The van der Waals surface area contributed by atoms with Gasteiger partial charge in [0.1, 0.15) is 0 Å². The zero-order chi connectivity index (χ0) is 42.3. The van der Waals surface area contributed by atoms with Crippen LogP contribution in [0.3, 0.4) is 0 Å². The van der Waals surface area contributed by atoms with E-state index in [-0.39, 0.29) is 0 Å². The fourth-order valence-electron chi connectivity index (χ4n) is 9.47. The Morgan fingerprint density at radius 1 is 0.207 bits per heavy atom. The smallest absolute Gasteiger partial charge is 0.0654 e. The summed E-state index contributed by atoms with van der Waals surface area (Å²) in [7, 11) is -2.30. The zero-order valence-corrected chi connectivity index (χ0v) is 45.4. The van der Waals surface area contributed by atoms with Crippen LogP contribution >= 0.6 is 0 Å². The van der Waals surface area contributed by atoms with Crippen molar-refractivity contribution >= 4 is 55.9 Å². The van der Waals surface area contributed by atoms with Crippen molar-refractivity contribution in [2.75, 3.05) is 0 Å². The Balaban J connectivity index is 4.19. The van der Waals surface area contributed by atoms with Crippen molar-refractivity contribution in [3.8, 4) is 0 Å². The maximum Gasteiger partial charge on any atom is 0.0854 e. The van der Waals surface area contributed by atoms with Crippen LogP contribution in [0.1, 0.15) is 261 Å². The number of hydrogen-bond donors (Lipinski definition) is 0. The fraction of sp³-hybridized carbons (Fsp3) is 0.889. The molecule has 0 aliphatic heterocycles. The Bertz CT molecular complexity index is 807. The van der Waals surface area contributed by atoms with Gasteiger partial charge in [0.05, 0.1) is 35.2 Å². The summed E-state index contributed by atoms with van der Waals surface area (Å²) in [5.41, 5.74) is 0. The molecule has 0 aliphatic rings. The average Bonchev–Trinajstić information content (AvgIpc) is 3.24. The minimum absolute atomic E-state index is 0.575. The van der Waals surface area contributed by atoms with Gasteiger partial charge < -0.3 is 0 Å². The van der Waals surface area contributed by atoms with Crippen LogP contribution in [-0.4, -0.2) is 35.2 Å². The van der Waals surface area contributed by atoms with E-state index in [4.69, 9.17) is 0 Å². The van der Waals surface area contributed by atoms with E-state index in [2.05, 4.69) is 88.3 Å². The molecule has 0 aromatic heterocycles. The molecule has 1 rings (SSSR count). The fourth-order valence-corrected chi connectivity index (χ4v) is 23.7. The van der Waals surface area contributed by atoms with E-state index < -0.39 is 35.2 Å². The molecule has 4 radical (unpaired) electrons. The average molecular weight is 868 g/mol. The van der Waals surface area contributed by atoms with Crippen molar-refractivity contribution in [2.45, 2.75) is 309 Å². The first-order valence-corrected chi connectivity index (χ1v) is 34.8. The van der Waals surface area contributed by atoms with Gasteiger partial charge in [-0.05, 0) is 0 Å². The Morgan fingerprint density at radius 2 is 0.345 bits per heavy atom. The van der Waals surface area contributed by atoms with Gasteiger partial charge in [-0.3, -0.25) is 0 Å². The molecule has 0 bridgehead atoms. The molecule has 1 aromatic rings. The Hall–Kier alpha value is 0.0875. The second-order valence-electron chi connectivity index (χ2n) is 18.8. The van der Waals surface area contributed by atoms with Gasteiger partial charge in [0.2, 0.25) is 0 Å². The molecule has 0 atom stereocenters. The Morgan fingerprint density at radius 3 is 0.466 bits per heavy atom. The van der Waals surface area contributed by atoms with E-state index in [1.807, 2.05) is 0 Å². The molecule has 0 aliphatic carbocycles. The minimum Gasteiger partial charge on any atom is -0.0654 e. The summed E-state index contributed by atoms with van der Waals surface area (Å²) in [6.07, 6.45) is 46.2. The summed E-state index contributed by atoms with van der Waals surface area (Å²) < 4.78 is 0. The Kier molecular flexibility index (Phi) is 39.8. The molecule has 0 amide bonds. The van der Waals surface area contributed by atoms with E-state index >= 15 is 0 Å². The summed E-state index contributed by atoms with van der Waals surface area (Å²) in [5, 5.41) is 8.28. The number of unbranched alkanes of at least 4 members (excludes halogenated alkanes) is 24. The van der Waals surface area contributed by atoms with Crippen LogP contribution in [-0.2, 0) is 0 Å². The van der Waals surface area contributed by atoms with Crippen molar-refractivity contribution in [1.82, 2.24) is 0 Å². The highest BCUT2D eigenvalue weighted by Gasteiger charge is 2.30.